The van der Waals surface area contributed by atoms with Crippen LogP contribution in [0.1, 0.15) is 43.5 Å². The fourth-order valence-corrected chi connectivity index (χ4v) is 3.52. The number of nitrogens with zero attached hydrogens (tertiary/aromatic N) is 2. The van der Waals surface area contributed by atoms with Gasteiger partial charge >= 0.3 is 0 Å². The van der Waals surface area contributed by atoms with E-state index in [1.165, 1.54) is 18.4 Å². The summed E-state index contributed by atoms with van der Waals surface area (Å²) in [6, 6.07) is 9.36. The number of thiophene rings is 1. The Kier molecular flexibility index (Phi) is 4.68. The molecule has 2 aromatic heterocycles. The van der Waals surface area contributed by atoms with Crippen molar-refractivity contribution >= 4 is 11.3 Å². The van der Waals surface area contributed by atoms with Crippen molar-refractivity contribution in [2.45, 2.75) is 50.9 Å². The van der Waals surface area contributed by atoms with Crippen molar-refractivity contribution in [1.29, 1.82) is 0 Å². The molecular weight excluding hydrogens is 278 g/mol. The zero-order chi connectivity index (χ0) is 14.7. The Balaban J connectivity index is 1.88. The summed E-state index contributed by atoms with van der Waals surface area (Å²) in [7, 11) is 0. The molecule has 0 aromatic carbocycles. The van der Waals surface area contributed by atoms with Gasteiger partial charge in [0.25, 0.3) is 0 Å². The Bertz CT molecular complexity index is 536. The Morgan fingerprint density at radius 2 is 2.24 bits per heavy atom. The minimum atomic E-state index is 0.124. The minimum absolute atomic E-state index is 0.124. The van der Waals surface area contributed by atoms with Crippen molar-refractivity contribution in [3.05, 3.63) is 52.5 Å². The average Bonchev–Trinajstić information content (AvgIpc) is 3.24. The van der Waals surface area contributed by atoms with Crippen LogP contribution in [-0.2, 0) is 6.54 Å². The molecule has 0 saturated heterocycles. The van der Waals surface area contributed by atoms with Crippen LogP contribution in [0.3, 0.4) is 0 Å². The summed E-state index contributed by atoms with van der Waals surface area (Å²) < 4.78 is 0. The number of hydrogen-bond acceptors (Lipinski definition) is 4. The van der Waals surface area contributed by atoms with Crippen LogP contribution >= 0.6 is 11.3 Å². The van der Waals surface area contributed by atoms with Crippen molar-refractivity contribution in [3.63, 3.8) is 0 Å². The molecule has 0 radical (unpaired) electrons. The zero-order valence-corrected chi connectivity index (χ0v) is 13.3. The molecule has 0 spiro atoms. The lowest BCUT2D eigenvalue weighted by molar-refractivity contribution is 0.147. The van der Waals surface area contributed by atoms with Gasteiger partial charge < -0.3 is 5.73 Å². The van der Waals surface area contributed by atoms with Crippen molar-refractivity contribution in [1.82, 2.24) is 9.88 Å². The van der Waals surface area contributed by atoms with E-state index in [1.54, 1.807) is 11.3 Å². The molecule has 3 nitrogen and oxygen atoms in total. The predicted octanol–water partition coefficient (Wildman–Crippen LogP) is 3.59. The van der Waals surface area contributed by atoms with Crippen LogP contribution in [0, 0.1) is 0 Å². The quantitative estimate of drug-likeness (QED) is 0.850. The van der Waals surface area contributed by atoms with E-state index < -0.39 is 0 Å². The van der Waals surface area contributed by atoms with Gasteiger partial charge in [-0.3, -0.25) is 9.88 Å². The Hall–Kier alpha value is -1.23. The molecule has 1 fully saturated rings. The first-order valence-corrected chi connectivity index (χ1v) is 8.67. The molecule has 21 heavy (non-hydrogen) atoms. The number of nitrogens with two attached hydrogens (primary N) is 1. The standard InChI is InChI=1S/C17H23N3S/c1-2-15(18)17(16-5-3-4-9-19-16)20(14-6-7-14)11-13-8-10-21-12-13/h3-5,8-10,12,14-15,17H,2,6-7,11,18H2,1H3. The van der Waals surface area contributed by atoms with Crippen LogP contribution in [0.25, 0.3) is 0 Å². The maximum Gasteiger partial charge on any atom is 0.0678 e. The van der Waals surface area contributed by atoms with Gasteiger partial charge in [-0.2, -0.15) is 11.3 Å². The summed E-state index contributed by atoms with van der Waals surface area (Å²) >= 11 is 1.76. The molecule has 1 saturated carbocycles. The highest BCUT2D eigenvalue weighted by Crippen LogP contribution is 2.37. The van der Waals surface area contributed by atoms with Gasteiger partial charge in [0.2, 0.25) is 0 Å². The fraction of sp³-hybridized carbons (Fsp3) is 0.471. The molecule has 0 amide bonds. The summed E-state index contributed by atoms with van der Waals surface area (Å²) in [6.07, 6.45) is 5.41. The molecule has 1 aliphatic carbocycles. The first-order chi connectivity index (χ1) is 10.3. The third-order valence-corrected chi connectivity index (χ3v) is 4.92. The molecule has 2 unspecified atom stereocenters. The summed E-state index contributed by atoms with van der Waals surface area (Å²) in [6.45, 7) is 3.14. The second-order valence-corrected chi connectivity index (χ2v) is 6.59. The van der Waals surface area contributed by atoms with E-state index in [1.807, 2.05) is 12.3 Å². The maximum absolute atomic E-state index is 6.47. The zero-order valence-electron chi connectivity index (χ0n) is 12.5. The molecule has 2 aromatic rings. The molecule has 0 aliphatic heterocycles. The van der Waals surface area contributed by atoms with Crippen LogP contribution in [0.4, 0.5) is 0 Å². The number of aromatic nitrogens is 1. The van der Waals surface area contributed by atoms with Gasteiger partial charge in [0.15, 0.2) is 0 Å². The third kappa shape index (κ3) is 3.51. The highest BCUT2D eigenvalue weighted by Gasteiger charge is 2.37. The monoisotopic (exact) mass is 301 g/mol. The SMILES string of the molecule is CCC(N)C(c1ccccn1)N(Cc1ccsc1)C1CC1. The predicted molar refractivity (Wildman–Crippen MR) is 88.1 cm³/mol. The van der Waals surface area contributed by atoms with Gasteiger partial charge in [-0.05, 0) is 53.8 Å². The fourth-order valence-electron chi connectivity index (χ4n) is 2.86. The van der Waals surface area contributed by atoms with Crippen LogP contribution < -0.4 is 5.73 Å². The average molecular weight is 301 g/mol. The normalized spacial score (nSPS) is 17.9. The molecule has 3 rings (SSSR count). The van der Waals surface area contributed by atoms with Crippen molar-refractivity contribution in [2.24, 2.45) is 5.73 Å². The number of hydrogen-bond donors (Lipinski definition) is 1. The van der Waals surface area contributed by atoms with Gasteiger partial charge in [-0.15, -0.1) is 0 Å². The molecule has 112 valence electrons. The lowest BCUT2D eigenvalue weighted by atomic mass is 9.99. The summed E-state index contributed by atoms with van der Waals surface area (Å²) in [4.78, 5) is 7.16. The summed E-state index contributed by atoms with van der Waals surface area (Å²) in [5, 5.41) is 4.39. The molecule has 2 atom stereocenters. The van der Waals surface area contributed by atoms with Gasteiger partial charge in [-0.1, -0.05) is 13.0 Å². The van der Waals surface area contributed by atoms with E-state index in [0.29, 0.717) is 6.04 Å². The number of pyridine rings is 1. The van der Waals surface area contributed by atoms with E-state index in [9.17, 15) is 0 Å². The lowest BCUT2D eigenvalue weighted by Crippen LogP contribution is -2.42. The van der Waals surface area contributed by atoms with E-state index in [2.05, 4.69) is 45.8 Å². The van der Waals surface area contributed by atoms with Gasteiger partial charge in [0, 0.05) is 24.8 Å². The molecular formula is C17H23N3S. The maximum atomic E-state index is 6.47. The first-order valence-electron chi connectivity index (χ1n) is 7.73. The smallest absolute Gasteiger partial charge is 0.0678 e. The van der Waals surface area contributed by atoms with Crippen molar-refractivity contribution < 1.29 is 0 Å². The van der Waals surface area contributed by atoms with Crippen molar-refractivity contribution in [2.75, 3.05) is 0 Å². The van der Waals surface area contributed by atoms with E-state index in [-0.39, 0.29) is 12.1 Å². The molecule has 1 aliphatic rings. The van der Waals surface area contributed by atoms with Crippen molar-refractivity contribution in [3.8, 4) is 0 Å². The highest BCUT2D eigenvalue weighted by atomic mass is 32.1. The van der Waals surface area contributed by atoms with E-state index >= 15 is 0 Å². The Labute approximate surface area is 130 Å². The van der Waals surface area contributed by atoms with Crippen LogP contribution in [0.5, 0.6) is 0 Å². The minimum Gasteiger partial charge on any atom is -0.326 e. The first kappa shape index (κ1) is 14.7. The highest BCUT2D eigenvalue weighted by molar-refractivity contribution is 7.07. The second-order valence-electron chi connectivity index (χ2n) is 5.81. The number of rotatable bonds is 7. The van der Waals surface area contributed by atoms with Crippen LogP contribution in [-0.4, -0.2) is 22.0 Å². The molecule has 4 heteroatoms. The van der Waals surface area contributed by atoms with Crippen LogP contribution in [0.2, 0.25) is 0 Å². The summed E-state index contributed by atoms with van der Waals surface area (Å²) in [5.74, 6) is 0. The van der Waals surface area contributed by atoms with Crippen LogP contribution in [0.15, 0.2) is 41.2 Å². The summed E-state index contributed by atoms with van der Waals surface area (Å²) in [5.41, 5.74) is 8.96. The van der Waals surface area contributed by atoms with E-state index in [4.69, 9.17) is 5.73 Å². The van der Waals surface area contributed by atoms with Gasteiger partial charge in [0.1, 0.15) is 0 Å². The molecule has 2 heterocycles. The second kappa shape index (κ2) is 6.69. The molecule has 0 bridgehead atoms. The topological polar surface area (TPSA) is 42.1 Å². The Morgan fingerprint density at radius 1 is 1.38 bits per heavy atom. The lowest BCUT2D eigenvalue weighted by Gasteiger charge is -2.35. The van der Waals surface area contributed by atoms with E-state index in [0.717, 1.165) is 18.7 Å². The van der Waals surface area contributed by atoms with Gasteiger partial charge in [-0.25, -0.2) is 0 Å². The largest absolute Gasteiger partial charge is 0.326 e. The Morgan fingerprint density at radius 3 is 2.81 bits per heavy atom. The molecule has 2 N–H and O–H groups in total. The third-order valence-electron chi connectivity index (χ3n) is 4.19. The van der Waals surface area contributed by atoms with Gasteiger partial charge in [0.05, 0.1) is 11.7 Å².